The van der Waals surface area contributed by atoms with E-state index in [4.69, 9.17) is 4.42 Å². The van der Waals surface area contributed by atoms with Crippen LogP contribution in [0.2, 0.25) is 0 Å². The van der Waals surface area contributed by atoms with E-state index in [2.05, 4.69) is 14.9 Å². The zero-order valence-electron chi connectivity index (χ0n) is 16.6. The lowest BCUT2D eigenvalue weighted by Crippen LogP contribution is -2.53. The van der Waals surface area contributed by atoms with Gasteiger partial charge in [-0.05, 0) is 37.5 Å². The number of fused-ring (bicyclic) bond motifs is 1. The first-order valence-electron chi connectivity index (χ1n) is 10.2. The van der Waals surface area contributed by atoms with E-state index in [-0.39, 0.29) is 17.2 Å². The smallest absolute Gasteiger partial charge is 0.289 e. The highest BCUT2D eigenvalue weighted by Gasteiger charge is 2.65. The topological polar surface area (TPSA) is 82.8 Å². The molecule has 2 spiro atoms. The van der Waals surface area contributed by atoms with Gasteiger partial charge in [-0.15, -0.1) is 0 Å². The van der Waals surface area contributed by atoms with Crippen molar-refractivity contribution in [1.29, 1.82) is 0 Å². The van der Waals surface area contributed by atoms with E-state index < -0.39 is 5.41 Å². The van der Waals surface area contributed by atoms with Gasteiger partial charge in [0.25, 0.3) is 5.91 Å². The summed E-state index contributed by atoms with van der Waals surface area (Å²) in [7, 11) is 1.89. The molecule has 0 unspecified atom stereocenters. The van der Waals surface area contributed by atoms with Gasteiger partial charge < -0.3 is 19.1 Å². The lowest BCUT2D eigenvalue weighted by Gasteiger charge is -2.46. The van der Waals surface area contributed by atoms with Crippen LogP contribution in [0.3, 0.4) is 0 Å². The first-order chi connectivity index (χ1) is 14.0. The van der Waals surface area contributed by atoms with Crippen molar-refractivity contribution < 1.29 is 14.0 Å². The second kappa shape index (κ2) is 6.57. The number of anilines is 1. The molecule has 0 bridgehead atoms. The maximum absolute atomic E-state index is 13.3. The predicted octanol–water partition coefficient (Wildman–Crippen LogP) is 1.66. The molecular formula is C21H25N5O3. The Hall–Kier alpha value is -2.90. The van der Waals surface area contributed by atoms with Crippen molar-refractivity contribution in [2.24, 2.45) is 10.8 Å². The summed E-state index contributed by atoms with van der Waals surface area (Å²) in [5.74, 6) is 1.20. The molecule has 3 aliphatic heterocycles. The fraction of sp³-hybridized carbons (Fsp3) is 0.524. The Morgan fingerprint density at radius 3 is 2.45 bits per heavy atom. The molecule has 8 heteroatoms. The predicted molar refractivity (Wildman–Crippen MR) is 105 cm³/mol. The SMILES string of the molecule is CN1CC[C@]2(CN(c3ncccn3)CC23CCN(C(=O)c2ccco2)CC3)C1=O. The number of carbonyl (C=O) groups excluding carboxylic acids is 2. The van der Waals surface area contributed by atoms with Gasteiger partial charge >= 0.3 is 0 Å². The normalized spacial score (nSPS) is 26.1. The average Bonchev–Trinajstić information content (AvgIpc) is 3.46. The van der Waals surface area contributed by atoms with Crippen molar-refractivity contribution in [3.8, 4) is 0 Å². The number of likely N-dealkylation sites (tertiary alicyclic amines) is 2. The average molecular weight is 395 g/mol. The molecule has 0 radical (unpaired) electrons. The molecule has 152 valence electrons. The second-order valence-corrected chi connectivity index (χ2v) is 8.51. The first-order valence-corrected chi connectivity index (χ1v) is 10.2. The van der Waals surface area contributed by atoms with Gasteiger partial charge in [-0.25, -0.2) is 9.97 Å². The zero-order chi connectivity index (χ0) is 20.1. The number of amides is 2. The number of rotatable bonds is 2. The summed E-state index contributed by atoms with van der Waals surface area (Å²) in [6.45, 7) is 3.42. The van der Waals surface area contributed by atoms with Gasteiger partial charge in [0.15, 0.2) is 5.76 Å². The maximum Gasteiger partial charge on any atom is 0.289 e. The largest absolute Gasteiger partial charge is 0.459 e. The third kappa shape index (κ3) is 2.65. The molecule has 3 saturated heterocycles. The van der Waals surface area contributed by atoms with E-state index in [0.29, 0.717) is 31.3 Å². The van der Waals surface area contributed by atoms with Crippen molar-refractivity contribution >= 4 is 17.8 Å². The molecule has 0 aliphatic carbocycles. The molecule has 0 N–H and O–H groups in total. The van der Waals surface area contributed by atoms with Gasteiger partial charge in [0.05, 0.1) is 11.7 Å². The molecule has 2 aromatic rings. The molecule has 5 rings (SSSR count). The summed E-state index contributed by atoms with van der Waals surface area (Å²) in [6, 6.07) is 5.24. The summed E-state index contributed by atoms with van der Waals surface area (Å²) < 4.78 is 5.29. The Labute approximate surface area is 169 Å². The minimum Gasteiger partial charge on any atom is -0.459 e. The number of hydrogen-bond donors (Lipinski definition) is 0. The van der Waals surface area contributed by atoms with Crippen molar-refractivity contribution in [3.63, 3.8) is 0 Å². The van der Waals surface area contributed by atoms with Crippen LogP contribution in [0.1, 0.15) is 29.8 Å². The zero-order valence-corrected chi connectivity index (χ0v) is 16.6. The number of carbonyl (C=O) groups is 2. The Morgan fingerprint density at radius 2 is 1.83 bits per heavy atom. The summed E-state index contributed by atoms with van der Waals surface area (Å²) in [4.78, 5) is 40.8. The van der Waals surface area contributed by atoms with Crippen LogP contribution in [-0.4, -0.2) is 71.4 Å². The van der Waals surface area contributed by atoms with E-state index in [1.807, 2.05) is 16.8 Å². The maximum atomic E-state index is 13.3. The molecular weight excluding hydrogens is 370 g/mol. The van der Waals surface area contributed by atoms with Crippen LogP contribution in [0.25, 0.3) is 0 Å². The van der Waals surface area contributed by atoms with Gasteiger partial charge in [-0.1, -0.05) is 0 Å². The van der Waals surface area contributed by atoms with Gasteiger partial charge in [0, 0.05) is 57.6 Å². The van der Waals surface area contributed by atoms with Crippen molar-refractivity contribution in [2.75, 3.05) is 44.7 Å². The third-order valence-corrected chi connectivity index (χ3v) is 7.17. The van der Waals surface area contributed by atoms with Crippen LogP contribution in [0.5, 0.6) is 0 Å². The van der Waals surface area contributed by atoms with E-state index in [9.17, 15) is 9.59 Å². The highest BCUT2D eigenvalue weighted by atomic mass is 16.3. The monoisotopic (exact) mass is 395 g/mol. The summed E-state index contributed by atoms with van der Waals surface area (Å²) in [5.41, 5.74) is -0.602. The van der Waals surface area contributed by atoms with Crippen LogP contribution < -0.4 is 4.90 Å². The molecule has 0 saturated carbocycles. The fourth-order valence-corrected chi connectivity index (χ4v) is 5.56. The highest BCUT2D eigenvalue weighted by molar-refractivity contribution is 5.91. The first kappa shape index (κ1) is 18.1. The number of nitrogens with zero attached hydrogens (tertiary/aromatic N) is 5. The Kier molecular flexibility index (Phi) is 4.11. The summed E-state index contributed by atoms with van der Waals surface area (Å²) >= 11 is 0. The number of furan rings is 1. The van der Waals surface area contributed by atoms with E-state index in [1.54, 1.807) is 30.6 Å². The summed E-state index contributed by atoms with van der Waals surface area (Å²) in [6.07, 6.45) is 7.44. The van der Waals surface area contributed by atoms with Crippen LogP contribution in [0, 0.1) is 10.8 Å². The van der Waals surface area contributed by atoms with E-state index in [0.717, 1.165) is 32.4 Å². The minimum atomic E-state index is -0.430. The number of piperidine rings is 1. The highest BCUT2D eigenvalue weighted by Crippen LogP contribution is 2.58. The molecule has 3 aliphatic rings. The van der Waals surface area contributed by atoms with Crippen LogP contribution in [0.4, 0.5) is 5.95 Å². The third-order valence-electron chi connectivity index (χ3n) is 7.17. The molecule has 2 aromatic heterocycles. The van der Waals surface area contributed by atoms with Crippen LogP contribution >= 0.6 is 0 Å². The number of hydrogen-bond acceptors (Lipinski definition) is 6. The molecule has 0 aromatic carbocycles. The van der Waals surface area contributed by atoms with Gasteiger partial charge in [0.1, 0.15) is 0 Å². The van der Waals surface area contributed by atoms with Crippen LogP contribution in [0.15, 0.2) is 41.3 Å². The lowest BCUT2D eigenvalue weighted by molar-refractivity contribution is -0.140. The minimum absolute atomic E-state index is 0.0741. The van der Waals surface area contributed by atoms with Gasteiger partial charge in [-0.2, -0.15) is 0 Å². The van der Waals surface area contributed by atoms with Crippen molar-refractivity contribution in [2.45, 2.75) is 19.3 Å². The van der Waals surface area contributed by atoms with Gasteiger partial charge in [-0.3, -0.25) is 9.59 Å². The number of aromatic nitrogens is 2. The molecule has 1 atom stereocenters. The van der Waals surface area contributed by atoms with E-state index in [1.165, 1.54) is 6.26 Å². The Balaban J connectivity index is 1.43. The summed E-state index contributed by atoms with van der Waals surface area (Å²) in [5, 5.41) is 0. The Morgan fingerprint density at radius 1 is 1.07 bits per heavy atom. The molecule has 29 heavy (non-hydrogen) atoms. The van der Waals surface area contributed by atoms with Crippen LogP contribution in [-0.2, 0) is 4.79 Å². The standard InChI is InChI=1S/C21H25N5O3/c1-24-10-7-21(18(24)28)15-26(19-22-8-3-9-23-19)14-20(21)5-11-25(12-6-20)17(27)16-4-2-13-29-16/h2-4,8-9,13H,5-7,10-12,14-15H2,1H3/t21-/m0/s1. The Bertz CT molecular complexity index is 908. The molecule has 8 nitrogen and oxygen atoms in total. The quantitative estimate of drug-likeness (QED) is 0.769. The molecule has 3 fully saturated rings. The van der Waals surface area contributed by atoms with E-state index >= 15 is 0 Å². The second-order valence-electron chi connectivity index (χ2n) is 8.51. The van der Waals surface area contributed by atoms with Crippen molar-refractivity contribution in [3.05, 3.63) is 42.6 Å². The van der Waals surface area contributed by atoms with Crippen molar-refractivity contribution in [1.82, 2.24) is 19.8 Å². The fourth-order valence-electron chi connectivity index (χ4n) is 5.56. The molecule has 5 heterocycles. The lowest BCUT2D eigenvalue weighted by atomic mass is 9.60. The van der Waals surface area contributed by atoms with Gasteiger partial charge in [0.2, 0.25) is 11.9 Å². The molecule has 2 amide bonds.